The van der Waals surface area contributed by atoms with Crippen LogP contribution in [0.3, 0.4) is 0 Å². The third-order valence-electron chi connectivity index (χ3n) is 4.64. The van der Waals surface area contributed by atoms with Crippen molar-refractivity contribution < 1.29 is 19.1 Å². The molecule has 3 rings (SSSR count). The van der Waals surface area contributed by atoms with E-state index < -0.39 is 5.97 Å². The van der Waals surface area contributed by atoms with E-state index in [2.05, 4.69) is 36.7 Å². The SMILES string of the molecule is COc1cccc(OCc2c(Br)cc(Br)c(=O)n2CCc2ccc(C(=O)ON)cc2)c1. The lowest BCUT2D eigenvalue weighted by Crippen LogP contribution is -2.26. The number of rotatable bonds is 8. The number of hydrogen-bond acceptors (Lipinski definition) is 6. The Morgan fingerprint density at radius 2 is 1.74 bits per heavy atom. The van der Waals surface area contributed by atoms with Gasteiger partial charge in [-0.1, -0.05) is 18.2 Å². The summed E-state index contributed by atoms with van der Waals surface area (Å²) in [6, 6.07) is 15.9. The molecule has 0 aliphatic carbocycles. The molecule has 1 aromatic heterocycles. The van der Waals surface area contributed by atoms with Crippen LogP contribution in [0.1, 0.15) is 21.6 Å². The number of nitrogens with zero attached hydrogens (tertiary/aromatic N) is 1. The van der Waals surface area contributed by atoms with Crippen molar-refractivity contribution in [1.82, 2.24) is 4.57 Å². The molecule has 3 aromatic rings. The standard InChI is InChI=1S/C22H20Br2N2O5/c1-29-16-3-2-4-17(11-16)30-13-20-18(23)12-19(24)21(27)26(20)10-9-14-5-7-15(8-6-14)22(28)31-25/h2-8,11-12H,9-10,13,25H2,1H3. The van der Waals surface area contributed by atoms with E-state index in [0.29, 0.717) is 40.2 Å². The lowest BCUT2D eigenvalue weighted by molar-refractivity contribution is 0.0503. The van der Waals surface area contributed by atoms with Gasteiger partial charge in [0.2, 0.25) is 0 Å². The fourth-order valence-corrected chi connectivity index (χ4v) is 4.29. The van der Waals surface area contributed by atoms with Crippen molar-refractivity contribution in [2.45, 2.75) is 19.6 Å². The molecule has 2 aromatic carbocycles. The fraction of sp³-hybridized carbons (Fsp3) is 0.182. The van der Waals surface area contributed by atoms with Gasteiger partial charge < -0.3 is 18.9 Å². The maximum absolute atomic E-state index is 12.8. The third-order valence-corrected chi connectivity index (χ3v) is 5.90. The molecule has 0 aliphatic rings. The predicted octanol–water partition coefficient (Wildman–Crippen LogP) is 4.23. The maximum atomic E-state index is 12.8. The molecule has 0 aliphatic heterocycles. The molecule has 2 N–H and O–H groups in total. The molecule has 0 spiro atoms. The molecule has 0 saturated heterocycles. The van der Waals surface area contributed by atoms with Crippen molar-refractivity contribution in [1.29, 1.82) is 0 Å². The minimum atomic E-state index is -0.601. The second-order valence-corrected chi connectivity index (χ2v) is 8.27. The van der Waals surface area contributed by atoms with Crippen LogP contribution >= 0.6 is 31.9 Å². The molecule has 0 bridgehead atoms. The van der Waals surface area contributed by atoms with Crippen LogP contribution in [-0.4, -0.2) is 17.6 Å². The van der Waals surface area contributed by atoms with Crippen LogP contribution in [0.15, 0.2) is 68.3 Å². The quantitative estimate of drug-likeness (QED) is 0.421. The Labute approximate surface area is 195 Å². The van der Waals surface area contributed by atoms with E-state index in [9.17, 15) is 9.59 Å². The van der Waals surface area contributed by atoms with Crippen LogP contribution in [0.2, 0.25) is 0 Å². The van der Waals surface area contributed by atoms with Gasteiger partial charge in [0, 0.05) is 17.1 Å². The second-order valence-electron chi connectivity index (χ2n) is 6.56. The van der Waals surface area contributed by atoms with Crippen molar-refractivity contribution in [2.24, 2.45) is 5.90 Å². The number of pyridine rings is 1. The lowest BCUT2D eigenvalue weighted by atomic mass is 10.1. The summed E-state index contributed by atoms with van der Waals surface area (Å²) in [4.78, 5) is 28.5. The van der Waals surface area contributed by atoms with Gasteiger partial charge in [0.1, 0.15) is 18.1 Å². The molecule has 0 fully saturated rings. The number of halogens is 2. The highest BCUT2D eigenvalue weighted by Crippen LogP contribution is 2.24. The molecule has 0 saturated carbocycles. The first-order valence-corrected chi connectivity index (χ1v) is 10.9. The van der Waals surface area contributed by atoms with E-state index in [-0.39, 0.29) is 12.2 Å². The molecular formula is C22H20Br2N2O5. The number of ether oxygens (including phenoxy) is 2. The Bertz CT molecular complexity index is 1130. The summed E-state index contributed by atoms with van der Waals surface area (Å²) in [6.45, 7) is 0.617. The van der Waals surface area contributed by atoms with Crippen LogP contribution in [0.5, 0.6) is 11.5 Å². The van der Waals surface area contributed by atoms with Crippen LogP contribution in [0.4, 0.5) is 0 Å². The Kier molecular flexibility index (Phi) is 7.89. The minimum Gasteiger partial charge on any atom is -0.497 e. The Balaban J connectivity index is 1.80. The summed E-state index contributed by atoms with van der Waals surface area (Å²) < 4.78 is 14.0. The fourth-order valence-electron chi connectivity index (χ4n) is 2.98. The third kappa shape index (κ3) is 5.75. The highest BCUT2D eigenvalue weighted by atomic mass is 79.9. The first-order valence-electron chi connectivity index (χ1n) is 9.27. The maximum Gasteiger partial charge on any atom is 0.356 e. The van der Waals surface area contributed by atoms with Crippen molar-refractivity contribution in [2.75, 3.05) is 7.11 Å². The number of methoxy groups -OCH3 is 1. The lowest BCUT2D eigenvalue weighted by Gasteiger charge is -2.16. The minimum absolute atomic E-state index is 0.157. The number of aromatic nitrogens is 1. The highest BCUT2D eigenvalue weighted by molar-refractivity contribution is 9.11. The van der Waals surface area contributed by atoms with E-state index >= 15 is 0 Å². The summed E-state index contributed by atoms with van der Waals surface area (Å²) in [7, 11) is 1.59. The van der Waals surface area contributed by atoms with Gasteiger partial charge in [-0.05, 0) is 74.2 Å². The monoisotopic (exact) mass is 550 g/mol. The smallest absolute Gasteiger partial charge is 0.356 e. The van der Waals surface area contributed by atoms with Gasteiger partial charge in [0.25, 0.3) is 5.56 Å². The van der Waals surface area contributed by atoms with E-state index in [4.69, 9.17) is 15.4 Å². The topological polar surface area (TPSA) is 92.8 Å². The van der Waals surface area contributed by atoms with E-state index in [0.717, 1.165) is 10.0 Å². The molecule has 1 heterocycles. The van der Waals surface area contributed by atoms with Gasteiger partial charge in [0.05, 0.1) is 22.8 Å². The van der Waals surface area contributed by atoms with Crippen LogP contribution in [0.25, 0.3) is 0 Å². The van der Waals surface area contributed by atoms with Gasteiger partial charge in [-0.25, -0.2) is 4.79 Å². The molecular weight excluding hydrogens is 532 g/mol. The van der Waals surface area contributed by atoms with Gasteiger partial charge in [0.15, 0.2) is 0 Å². The molecule has 9 heteroatoms. The number of benzene rings is 2. The number of aryl methyl sites for hydroxylation is 1. The first kappa shape index (κ1) is 23.1. The summed E-state index contributed by atoms with van der Waals surface area (Å²) in [5.74, 6) is 5.63. The zero-order chi connectivity index (χ0) is 22.4. The largest absolute Gasteiger partial charge is 0.497 e. The Hall–Kier alpha value is -2.62. The number of nitrogens with two attached hydrogens (primary N) is 1. The van der Waals surface area contributed by atoms with Crippen molar-refractivity contribution in [3.63, 3.8) is 0 Å². The Morgan fingerprint density at radius 1 is 1.03 bits per heavy atom. The van der Waals surface area contributed by atoms with Crippen molar-refractivity contribution >= 4 is 37.8 Å². The molecule has 0 atom stereocenters. The van der Waals surface area contributed by atoms with Gasteiger partial charge >= 0.3 is 5.97 Å². The predicted molar refractivity (Wildman–Crippen MR) is 123 cm³/mol. The number of hydrogen-bond donors (Lipinski definition) is 1. The summed E-state index contributed by atoms with van der Waals surface area (Å²) >= 11 is 6.86. The normalized spacial score (nSPS) is 10.6. The summed E-state index contributed by atoms with van der Waals surface area (Å²) in [5, 5.41) is 0. The van der Waals surface area contributed by atoms with Crippen LogP contribution in [0, 0.1) is 0 Å². The Morgan fingerprint density at radius 3 is 2.42 bits per heavy atom. The zero-order valence-corrected chi connectivity index (χ0v) is 19.8. The highest BCUT2D eigenvalue weighted by Gasteiger charge is 2.14. The molecule has 7 nitrogen and oxygen atoms in total. The molecule has 31 heavy (non-hydrogen) atoms. The first-order chi connectivity index (χ1) is 14.9. The number of carbonyl (C=O) groups is 1. The van der Waals surface area contributed by atoms with Gasteiger partial charge in [-0.3, -0.25) is 4.79 Å². The number of carbonyl (C=O) groups excluding carboxylic acids is 1. The second kappa shape index (κ2) is 10.6. The molecule has 162 valence electrons. The average Bonchev–Trinajstić information content (AvgIpc) is 2.79. The average molecular weight is 552 g/mol. The summed E-state index contributed by atoms with van der Waals surface area (Å²) in [6.07, 6.45) is 0.576. The molecule has 0 amide bonds. The summed E-state index contributed by atoms with van der Waals surface area (Å²) in [5.41, 5.74) is 1.87. The van der Waals surface area contributed by atoms with Gasteiger partial charge in [-0.15, -0.1) is 0 Å². The van der Waals surface area contributed by atoms with Gasteiger partial charge in [-0.2, -0.15) is 5.90 Å². The van der Waals surface area contributed by atoms with Crippen LogP contribution in [-0.2, 0) is 24.4 Å². The molecule has 0 unspecified atom stereocenters. The zero-order valence-electron chi connectivity index (χ0n) is 16.6. The van der Waals surface area contributed by atoms with E-state index in [1.165, 1.54) is 0 Å². The van der Waals surface area contributed by atoms with Crippen LogP contribution < -0.4 is 20.9 Å². The van der Waals surface area contributed by atoms with Crippen molar-refractivity contribution in [3.8, 4) is 11.5 Å². The molecule has 0 radical (unpaired) electrons. The van der Waals surface area contributed by atoms with E-state index in [1.54, 1.807) is 48.1 Å². The van der Waals surface area contributed by atoms with Crippen molar-refractivity contribution in [3.05, 3.63) is 90.7 Å². The van der Waals surface area contributed by atoms with E-state index in [1.807, 2.05) is 18.2 Å².